The molecule has 2 rings (SSSR count). The van der Waals surface area contributed by atoms with E-state index in [0.29, 0.717) is 5.82 Å². The molecule has 0 amide bonds. The van der Waals surface area contributed by atoms with Crippen LogP contribution in [0.5, 0.6) is 0 Å². The summed E-state index contributed by atoms with van der Waals surface area (Å²) >= 11 is 1.80. The first-order chi connectivity index (χ1) is 8.63. The topological polar surface area (TPSA) is 51.8 Å². The summed E-state index contributed by atoms with van der Waals surface area (Å²) in [5.41, 5.74) is 9.26. The van der Waals surface area contributed by atoms with Crippen LogP contribution in [0.15, 0.2) is 30.3 Å². The molecule has 0 unspecified atom stereocenters. The molecule has 0 fully saturated rings. The minimum Gasteiger partial charge on any atom is -0.384 e. The van der Waals surface area contributed by atoms with Crippen LogP contribution < -0.4 is 5.73 Å². The van der Waals surface area contributed by atoms with Crippen molar-refractivity contribution in [2.45, 2.75) is 25.4 Å². The fourth-order valence-electron chi connectivity index (χ4n) is 1.78. The molecule has 0 saturated heterocycles. The number of nitrogen functional groups attached to an aromatic ring is 1. The second-order valence-electron chi connectivity index (χ2n) is 4.33. The van der Waals surface area contributed by atoms with Crippen LogP contribution in [0.2, 0.25) is 0 Å². The molecule has 94 valence electrons. The number of benzene rings is 1. The summed E-state index contributed by atoms with van der Waals surface area (Å²) in [6.45, 7) is 4.05. The Labute approximate surface area is 112 Å². The van der Waals surface area contributed by atoms with Crippen LogP contribution in [0, 0.1) is 13.8 Å². The van der Waals surface area contributed by atoms with Crippen molar-refractivity contribution >= 4 is 17.6 Å². The summed E-state index contributed by atoms with van der Waals surface area (Å²) in [5, 5.41) is 0. The zero-order chi connectivity index (χ0) is 13.0. The van der Waals surface area contributed by atoms with Crippen molar-refractivity contribution in [2.75, 3.05) is 5.73 Å². The molecule has 4 heteroatoms. The molecule has 2 N–H and O–H groups in total. The molecule has 0 atom stereocenters. The Bertz CT molecular complexity index is 520. The lowest BCUT2D eigenvalue weighted by molar-refractivity contribution is 1.00. The zero-order valence-electron chi connectivity index (χ0n) is 10.7. The van der Waals surface area contributed by atoms with Crippen LogP contribution in [-0.4, -0.2) is 9.97 Å². The van der Waals surface area contributed by atoms with Gasteiger partial charge in [0, 0.05) is 17.5 Å². The van der Waals surface area contributed by atoms with E-state index in [-0.39, 0.29) is 0 Å². The maximum Gasteiger partial charge on any atom is 0.140 e. The van der Waals surface area contributed by atoms with Crippen LogP contribution in [0.1, 0.15) is 22.6 Å². The molecule has 1 aromatic heterocycles. The number of nitrogens with zero attached hydrogens (tertiary/aromatic N) is 2. The fraction of sp³-hybridized carbons (Fsp3) is 0.286. The van der Waals surface area contributed by atoms with Crippen molar-refractivity contribution in [3.8, 4) is 0 Å². The Hall–Kier alpha value is -1.55. The molecule has 3 nitrogen and oxygen atoms in total. The van der Waals surface area contributed by atoms with Gasteiger partial charge in [-0.05, 0) is 19.4 Å². The van der Waals surface area contributed by atoms with Crippen LogP contribution in [-0.2, 0) is 11.5 Å². The lowest BCUT2D eigenvalue weighted by Crippen LogP contribution is -2.00. The SMILES string of the molecule is Cc1cccc(CSCc2nc(C)cc(N)n2)c1. The van der Waals surface area contributed by atoms with E-state index in [9.17, 15) is 0 Å². The van der Waals surface area contributed by atoms with Gasteiger partial charge < -0.3 is 5.73 Å². The molecule has 1 aromatic carbocycles. The lowest BCUT2D eigenvalue weighted by atomic mass is 10.2. The number of aryl methyl sites for hydroxylation is 2. The molecule has 2 aromatic rings. The highest BCUT2D eigenvalue weighted by Crippen LogP contribution is 2.17. The molecule has 1 heterocycles. The van der Waals surface area contributed by atoms with E-state index < -0.39 is 0 Å². The van der Waals surface area contributed by atoms with Crippen molar-refractivity contribution in [2.24, 2.45) is 0 Å². The Kier molecular flexibility index (Phi) is 4.20. The Morgan fingerprint density at radius 1 is 1.11 bits per heavy atom. The Morgan fingerprint density at radius 3 is 2.67 bits per heavy atom. The van der Waals surface area contributed by atoms with E-state index in [1.165, 1.54) is 11.1 Å². The highest BCUT2D eigenvalue weighted by molar-refractivity contribution is 7.97. The molecule has 0 aliphatic heterocycles. The van der Waals surface area contributed by atoms with Crippen molar-refractivity contribution < 1.29 is 0 Å². The van der Waals surface area contributed by atoms with Crippen LogP contribution >= 0.6 is 11.8 Å². The van der Waals surface area contributed by atoms with E-state index in [1.807, 2.05) is 6.92 Å². The highest BCUT2D eigenvalue weighted by Gasteiger charge is 2.01. The monoisotopic (exact) mass is 259 g/mol. The van der Waals surface area contributed by atoms with E-state index in [2.05, 4.69) is 41.2 Å². The molecule has 0 spiro atoms. The number of aromatic nitrogens is 2. The summed E-state index contributed by atoms with van der Waals surface area (Å²) in [4.78, 5) is 8.60. The third-order valence-electron chi connectivity index (χ3n) is 2.50. The standard InChI is InChI=1S/C14H17N3S/c1-10-4-3-5-12(6-10)8-18-9-14-16-11(2)7-13(15)17-14/h3-7H,8-9H2,1-2H3,(H2,15,16,17). The van der Waals surface area contributed by atoms with Gasteiger partial charge in [0.25, 0.3) is 0 Å². The van der Waals surface area contributed by atoms with E-state index in [1.54, 1.807) is 17.8 Å². The Balaban J connectivity index is 1.92. The van der Waals surface area contributed by atoms with Crippen LogP contribution in [0.4, 0.5) is 5.82 Å². The summed E-state index contributed by atoms with van der Waals surface area (Å²) in [6.07, 6.45) is 0. The van der Waals surface area contributed by atoms with E-state index in [4.69, 9.17) is 5.73 Å². The van der Waals surface area contributed by atoms with Crippen molar-refractivity contribution in [3.63, 3.8) is 0 Å². The summed E-state index contributed by atoms with van der Waals surface area (Å²) < 4.78 is 0. The smallest absolute Gasteiger partial charge is 0.140 e. The summed E-state index contributed by atoms with van der Waals surface area (Å²) in [7, 11) is 0. The van der Waals surface area contributed by atoms with Gasteiger partial charge >= 0.3 is 0 Å². The van der Waals surface area contributed by atoms with Gasteiger partial charge in [-0.3, -0.25) is 0 Å². The normalized spacial score (nSPS) is 10.6. The number of nitrogens with two attached hydrogens (primary N) is 1. The largest absolute Gasteiger partial charge is 0.384 e. The lowest BCUT2D eigenvalue weighted by Gasteiger charge is -2.04. The predicted molar refractivity (Wildman–Crippen MR) is 77.4 cm³/mol. The molecular formula is C14H17N3S. The molecule has 0 saturated carbocycles. The first kappa shape index (κ1) is 12.9. The van der Waals surface area contributed by atoms with Gasteiger partial charge in [-0.1, -0.05) is 29.8 Å². The zero-order valence-corrected chi connectivity index (χ0v) is 11.5. The second-order valence-corrected chi connectivity index (χ2v) is 5.32. The van der Waals surface area contributed by atoms with Crippen molar-refractivity contribution in [1.29, 1.82) is 0 Å². The summed E-state index contributed by atoms with van der Waals surface area (Å²) in [5.74, 6) is 3.12. The Morgan fingerprint density at radius 2 is 1.94 bits per heavy atom. The molecule has 0 radical (unpaired) electrons. The van der Waals surface area contributed by atoms with Crippen LogP contribution in [0.25, 0.3) is 0 Å². The first-order valence-electron chi connectivity index (χ1n) is 5.87. The maximum atomic E-state index is 5.70. The quantitative estimate of drug-likeness (QED) is 0.916. The van der Waals surface area contributed by atoms with Gasteiger partial charge in [-0.2, -0.15) is 0 Å². The van der Waals surface area contributed by atoms with Crippen LogP contribution in [0.3, 0.4) is 0 Å². The van der Waals surface area contributed by atoms with Crippen molar-refractivity contribution in [1.82, 2.24) is 9.97 Å². The molecule has 0 bridgehead atoms. The molecule has 18 heavy (non-hydrogen) atoms. The number of rotatable bonds is 4. The average Bonchev–Trinajstić information content (AvgIpc) is 2.27. The maximum absolute atomic E-state index is 5.70. The van der Waals surface area contributed by atoms with Crippen molar-refractivity contribution in [3.05, 3.63) is 53.0 Å². The fourth-order valence-corrected chi connectivity index (χ4v) is 2.61. The van der Waals surface area contributed by atoms with Gasteiger partial charge in [-0.25, -0.2) is 9.97 Å². The van der Waals surface area contributed by atoms with Gasteiger partial charge in [0.2, 0.25) is 0 Å². The minimum atomic E-state index is 0.550. The van der Waals surface area contributed by atoms with Gasteiger partial charge in [-0.15, -0.1) is 11.8 Å². The summed E-state index contributed by atoms with van der Waals surface area (Å²) in [6, 6.07) is 10.3. The molecular weight excluding hydrogens is 242 g/mol. The van der Waals surface area contributed by atoms with Gasteiger partial charge in [0.05, 0.1) is 5.75 Å². The third-order valence-corrected chi connectivity index (χ3v) is 3.50. The first-order valence-corrected chi connectivity index (χ1v) is 7.02. The highest BCUT2D eigenvalue weighted by atomic mass is 32.2. The number of thioether (sulfide) groups is 1. The molecule has 0 aliphatic carbocycles. The van der Waals surface area contributed by atoms with Gasteiger partial charge in [0.15, 0.2) is 0 Å². The average molecular weight is 259 g/mol. The predicted octanol–water partition coefficient (Wildman–Crippen LogP) is 3.11. The van der Waals surface area contributed by atoms with E-state index >= 15 is 0 Å². The molecule has 0 aliphatic rings. The number of hydrogen-bond donors (Lipinski definition) is 1. The minimum absolute atomic E-state index is 0.550. The van der Waals surface area contributed by atoms with Gasteiger partial charge in [0.1, 0.15) is 11.6 Å². The second kappa shape index (κ2) is 5.87. The number of anilines is 1. The number of hydrogen-bond acceptors (Lipinski definition) is 4. The van der Waals surface area contributed by atoms with E-state index in [0.717, 1.165) is 23.0 Å². The third kappa shape index (κ3) is 3.74.